The van der Waals surface area contributed by atoms with Crippen molar-refractivity contribution in [1.29, 1.82) is 0 Å². The molecule has 5 heteroatoms. The fourth-order valence-electron chi connectivity index (χ4n) is 3.17. The lowest BCUT2D eigenvalue weighted by Crippen LogP contribution is -2.44. The van der Waals surface area contributed by atoms with E-state index in [0.717, 1.165) is 42.8 Å². The van der Waals surface area contributed by atoms with E-state index in [1.54, 1.807) is 0 Å². The number of piperidine rings is 1. The molecule has 1 atom stereocenters. The summed E-state index contributed by atoms with van der Waals surface area (Å²) in [5.41, 5.74) is 3.15. The Morgan fingerprint density at radius 1 is 1.33 bits per heavy atom. The van der Waals surface area contributed by atoms with Crippen molar-refractivity contribution in [3.63, 3.8) is 0 Å². The molecule has 1 aromatic carbocycles. The molecule has 1 amide bonds. The lowest BCUT2D eigenvalue weighted by atomic mass is 9.97. The van der Waals surface area contributed by atoms with Crippen LogP contribution in [0.1, 0.15) is 42.6 Å². The van der Waals surface area contributed by atoms with E-state index < -0.39 is 0 Å². The number of aromatic amines is 1. The van der Waals surface area contributed by atoms with Crippen LogP contribution < -0.4 is 5.32 Å². The molecule has 128 valence electrons. The summed E-state index contributed by atoms with van der Waals surface area (Å²) < 4.78 is 0. The number of nitrogens with one attached hydrogen (secondary N) is 2. The van der Waals surface area contributed by atoms with Crippen LogP contribution in [0.15, 0.2) is 36.5 Å². The smallest absolute Gasteiger partial charge is 0.244 e. The van der Waals surface area contributed by atoms with Crippen LogP contribution in [0.3, 0.4) is 0 Å². The second kappa shape index (κ2) is 7.62. The van der Waals surface area contributed by atoms with Crippen molar-refractivity contribution in [1.82, 2.24) is 20.4 Å². The van der Waals surface area contributed by atoms with Crippen molar-refractivity contribution in [2.24, 2.45) is 5.92 Å². The van der Waals surface area contributed by atoms with Gasteiger partial charge in [0.25, 0.3) is 0 Å². The molecule has 1 unspecified atom stereocenters. The Bertz CT molecular complexity index is 659. The van der Waals surface area contributed by atoms with E-state index >= 15 is 0 Å². The van der Waals surface area contributed by atoms with Gasteiger partial charge < -0.3 is 4.90 Å². The quantitative estimate of drug-likeness (QED) is 0.888. The number of carbonyl (C=O) groups excluding carboxylic acids is 1. The number of likely N-dealkylation sites (tertiary alicyclic amines) is 1. The highest BCUT2D eigenvalue weighted by atomic mass is 16.2. The SMILES string of the molecule is Cc1[nH]ncc1CNC(C(=O)N1CCC(C)CC1)c1ccccc1. The van der Waals surface area contributed by atoms with Crippen LogP contribution in [-0.2, 0) is 11.3 Å². The van der Waals surface area contributed by atoms with Crippen LogP contribution in [-0.4, -0.2) is 34.1 Å². The topological polar surface area (TPSA) is 61.0 Å². The minimum atomic E-state index is -0.311. The minimum absolute atomic E-state index is 0.175. The summed E-state index contributed by atoms with van der Waals surface area (Å²) in [6.45, 7) is 6.59. The van der Waals surface area contributed by atoms with Gasteiger partial charge in [-0.15, -0.1) is 0 Å². The number of H-pyrrole nitrogens is 1. The number of benzene rings is 1. The number of hydrogen-bond donors (Lipinski definition) is 2. The molecule has 1 aliphatic heterocycles. The highest BCUT2D eigenvalue weighted by molar-refractivity contribution is 5.83. The van der Waals surface area contributed by atoms with Crippen molar-refractivity contribution >= 4 is 5.91 Å². The molecule has 3 rings (SSSR count). The van der Waals surface area contributed by atoms with Crippen LogP contribution >= 0.6 is 0 Å². The minimum Gasteiger partial charge on any atom is -0.341 e. The summed E-state index contributed by atoms with van der Waals surface area (Å²) in [4.78, 5) is 15.1. The van der Waals surface area contributed by atoms with Gasteiger partial charge in [-0.3, -0.25) is 15.2 Å². The third kappa shape index (κ3) is 3.85. The monoisotopic (exact) mass is 326 g/mol. The van der Waals surface area contributed by atoms with Crippen molar-refractivity contribution in [2.75, 3.05) is 13.1 Å². The van der Waals surface area contributed by atoms with Crippen LogP contribution in [0.2, 0.25) is 0 Å². The molecule has 0 saturated carbocycles. The predicted octanol–water partition coefficient (Wildman–Crippen LogP) is 2.81. The maximum absolute atomic E-state index is 13.1. The molecule has 2 aromatic rings. The molecule has 1 aliphatic rings. The molecule has 2 heterocycles. The Balaban J connectivity index is 1.74. The van der Waals surface area contributed by atoms with Gasteiger partial charge in [0.05, 0.1) is 6.20 Å². The number of nitrogens with zero attached hydrogens (tertiary/aromatic N) is 2. The van der Waals surface area contributed by atoms with Crippen molar-refractivity contribution in [3.8, 4) is 0 Å². The lowest BCUT2D eigenvalue weighted by molar-refractivity contribution is -0.135. The standard InChI is InChI=1S/C19H26N4O/c1-14-8-10-23(11-9-14)19(24)18(16-6-4-3-5-7-16)20-12-17-13-21-22-15(17)2/h3-7,13-14,18,20H,8-12H2,1-2H3,(H,21,22). The van der Waals surface area contributed by atoms with Gasteiger partial charge in [-0.25, -0.2) is 0 Å². The van der Waals surface area contributed by atoms with Crippen molar-refractivity contribution in [3.05, 3.63) is 53.3 Å². The zero-order chi connectivity index (χ0) is 16.9. The molecule has 1 fully saturated rings. The first-order valence-corrected chi connectivity index (χ1v) is 8.71. The summed E-state index contributed by atoms with van der Waals surface area (Å²) in [6.07, 6.45) is 4.00. The summed E-state index contributed by atoms with van der Waals surface area (Å²) in [7, 11) is 0. The summed E-state index contributed by atoms with van der Waals surface area (Å²) in [6, 6.07) is 9.67. The summed E-state index contributed by atoms with van der Waals surface area (Å²) in [5.74, 6) is 0.889. The van der Waals surface area contributed by atoms with Crippen LogP contribution in [0.4, 0.5) is 0 Å². The van der Waals surface area contributed by atoms with E-state index in [9.17, 15) is 4.79 Å². The van der Waals surface area contributed by atoms with Gasteiger partial charge in [0.2, 0.25) is 5.91 Å². The Labute approximate surface area is 143 Å². The molecule has 0 aliphatic carbocycles. The highest BCUT2D eigenvalue weighted by Crippen LogP contribution is 2.22. The molecule has 0 radical (unpaired) electrons. The average molecular weight is 326 g/mol. The summed E-state index contributed by atoms with van der Waals surface area (Å²) >= 11 is 0. The first-order chi connectivity index (χ1) is 11.6. The normalized spacial score (nSPS) is 17.0. The fraction of sp³-hybridized carbons (Fsp3) is 0.474. The fourth-order valence-corrected chi connectivity index (χ4v) is 3.17. The number of aromatic nitrogens is 2. The van der Waals surface area contributed by atoms with Gasteiger partial charge in [-0.05, 0) is 31.2 Å². The van der Waals surface area contributed by atoms with E-state index in [2.05, 4.69) is 22.4 Å². The molecule has 0 bridgehead atoms. The van der Waals surface area contributed by atoms with Crippen molar-refractivity contribution in [2.45, 2.75) is 39.3 Å². The van der Waals surface area contributed by atoms with Gasteiger partial charge in [0.15, 0.2) is 0 Å². The molecule has 2 N–H and O–H groups in total. The number of carbonyl (C=O) groups is 1. The lowest BCUT2D eigenvalue weighted by Gasteiger charge is -2.33. The predicted molar refractivity (Wildman–Crippen MR) is 94.3 cm³/mol. The van der Waals surface area contributed by atoms with E-state index in [1.165, 1.54) is 0 Å². The maximum atomic E-state index is 13.1. The molecule has 1 saturated heterocycles. The average Bonchev–Trinajstić information content (AvgIpc) is 3.01. The molecule has 0 spiro atoms. The van der Waals surface area contributed by atoms with Gasteiger partial charge >= 0.3 is 0 Å². The number of aryl methyl sites for hydroxylation is 1. The largest absolute Gasteiger partial charge is 0.341 e. The van der Waals surface area contributed by atoms with Crippen LogP contribution in [0.5, 0.6) is 0 Å². The van der Waals surface area contributed by atoms with E-state index in [-0.39, 0.29) is 11.9 Å². The van der Waals surface area contributed by atoms with Crippen LogP contribution in [0, 0.1) is 12.8 Å². The van der Waals surface area contributed by atoms with E-state index in [0.29, 0.717) is 12.5 Å². The van der Waals surface area contributed by atoms with Gasteiger partial charge in [-0.1, -0.05) is 37.3 Å². The maximum Gasteiger partial charge on any atom is 0.244 e. The molecule has 1 aromatic heterocycles. The Morgan fingerprint density at radius 3 is 2.67 bits per heavy atom. The first kappa shape index (κ1) is 16.7. The number of rotatable bonds is 5. The third-order valence-electron chi connectivity index (χ3n) is 4.91. The number of amides is 1. The number of hydrogen-bond acceptors (Lipinski definition) is 3. The summed E-state index contributed by atoms with van der Waals surface area (Å²) in [5, 5.41) is 10.4. The third-order valence-corrected chi connectivity index (χ3v) is 4.91. The molecular weight excluding hydrogens is 300 g/mol. The Hall–Kier alpha value is -2.14. The van der Waals surface area contributed by atoms with E-state index in [4.69, 9.17) is 0 Å². The Kier molecular flexibility index (Phi) is 5.30. The highest BCUT2D eigenvalue weighted by Gasteiger charge is 2.28. The van der Waals surface area contributed by atoms with E-state index in [1.807, 2.05) is 48.4 Å². The Morgan fingerprint density at radius 2 is 2.04 bits per heavy atom. The second-order valence-electron chi connectivity index (χ2n) is 6.75. The zero-order valence-electron chi connectivity index (χ0n) is 14.5. The van der Waals surface area contributed by atoms with Gasteiger partial charge in [0, 0.05) is 30.9 Å². The first-order valence-electron chi connectivity index (χ1n) is 8.71. The second-order valence-corrected chi connectivity index (χ2v) is 6.75. The van der Waals surface area contributed by atoms with Crippen molar-refractivity contribution < 1.29 is 4.79 Å². The van der Waals surface area contributed by atoms with Crippen LogP contribution in [0.25, 0.3) is 0 Å². The van der Waals surface area contributed by atoms with Gasteiger partial charge in [0.1, 0.15) is 6.04 Å². The van der Waals surface area contributed by atoms with Gasteiger partial charge in [-0.2, -0.15) is 5.10 Å². The zero-order valence-corrected chi connectivity index (χ0v) is 14.5. The molecule has 5 nitrogen and oxygen atoms in total. The molecule has 24 heavy (non-hydrogen) atoms. The molecular formula is C19H26N4O.